The van der Waals surface area contributed by atoms with Crippen molar-refractivity contribution in [3.63, 3.8) is 0 Å². The van der Waals surface area contributed by atoms with Crippen molar-refractivity contribution in [3.05, 3.63) is 53.2 Å². The number of fused-ring (bicyclic) bond motifs is 1. The monoisotopic (exact) mass is 371 g/mol. The van der Waals surface area contributed by atoms with E-state index in [9.17, 15) is 0 Å². The summed E-state index contributed by atoms with van der Waals surface area (Å²) in [5, 5.41) is 4.28. The van der Waals surface area contributed by atoms with E-state index in [0.717, 1.165) is 4.47 Å². The van der Waals surface area contributed by atoms with E-state index in [0.29, 0.717) is 34.8 Å². The molecule has 3 aromatic heterocycles. The number of hydrogen-bond donors (Lipinski definition) is 1. The van der Waals surface area contributed by atoms with Crippen LogP contribution in [0.15, 0.2) is 57.6 Å². The molecule has 0 fully saturated rings. The van der Waals surface area contributed by atoms with Crippen LogP contribution in [-0.2, 0) is 0 Å². The smallest absolute Gasteiger partial charge is 0.258 e. The first-order valence-electron chi connectivity index (χ1n) is 6.70. The van der Waals surface area contributed by atoms with Gasteiger partial charge >= 0.3 is 0 Å². The molecular formula is C15H10BrN5O2. The Bertz CT molecular complexity index is 964. The molecule has 1 aromatic carbocycles. The van der Waals surface area contributed by atoms with Crippen LogP contribution in [0.2, 0.25) is 0 Å². The first kappa shape index (κ1) is 13.8. The molecule has 4 rings (SSSR count). The van der Waals surface area contributed by atoms with Crippen LogP contribution in [0, 0.1) is 0 Å². The predicted octanol–water partition coefficient (Wildman–Crippen LogP) is 3.52. The lowest BCUT2D eigenvalue weighted by molar-refractivity contribution is 0.463. The van der Waals surface area contributed by atoms with E-state index in [1.54, 1.807) is 24.5 Å². The maximum atomic E-state index is 6.00. The molecular weight excluding hydrogens is 362 g/mol. The second-order valence-corrected chi connectivity index (χ2v) is 5.62. The van der Waals surface area contributed by atoms with Crippen molar-refractivity contribution < 1.29 is 9.15 Å². The van der Waals surface area contributed by atoms with Crippen LogP contribution >= 0.6 is 15.9 Å². The van der Waals surface area contributed by atoms with Crippen molar-refractivity contribution >= 4 is 27.5 Å². The number of halogens is 1. The second-order valence-electron chi connectivity index (χ2n) is 4.70. The van der Waals surface area contributed by atoms with Crippen LogP contribution in [0.1, 0.15) is 0 Å². The molecule has 23 heavy (non-hydrogen) atoms. The number of nitrogens with zero attached hydrogens (tertiary/aromatic N) is 4. The van der Waals surface area contributed by atoms with E-state index < -0.39 is 0 Å². The van der Waals surface area contributed by atoms with E-state index in [1.165, 1.54) is 4.52 Å². The molecule has 0 aliphatic rings. The zero-order valence-corrected chi connectivity index (χ0v) is 13.3. The van der Waals surface area contributed by atoms with Gasteiger partial charge in [0.2, 0.25) is 11.7 Å². The SMILES string of the molecule is Nc1cc(Oc2ccc(Br)cc2)nc2nc(-c3ccco3)nn12. The molecule has 0 bridgehead atoms. The largest absolute Gasteiger partial charge is 0.461 e. The molecule has 114 valence electrons. The van der Waals surface area contributed by atoms with E-state index in [4.69, 9.17) is 14.9 Å². The second kappa shape index (κ2) is 5.40. The minimum atomic E-state index is 0.337. The average molecular weight is 372 g/mol. The standard InChI is InChI=1S/C15H10BrN5O2/c16-9-3-5-10(6-4-9)23-13-8-12(17)21-15(18-13)19-14(20-21)11-2-1-7-22-11/h1-8H,17H2. The van der Waals surface area contributed by atoms with Gasteiger partial charge in [-0.2, -0.15) is 14.5 Å². The first-order valence-corrected chi connectivity index (χ1v) is 7.49. The van der Waals surface area contributed by atoms with Gasteiger partial charge in [-0.1, -0.05) is 15.9 Å². The molecule has 8 heteroatoms. The van der Waals surface area contributed by atoms with Crippen LogP contribution in [-0.4, -0.2) is 19.6 Å². The van der Waals surface area contributed by atoms with Crippen molar-refractivity contribution in [3.8, 4) is 23.2 Å². The molecule has 4 aromatic rings. The first-order chi connectivity index (χ1) is 11.2. The van der Waals surface area contributed by atoms with Crippen LogP contribution < -0.4 is 10.5 Å². The maximum absolute atomic E-state index is 6.00. The van der Waals surface area contributed by atoms with Crippen LogP contribution in [0.4, 0.5) is 5.82 Å². The summed E-state index contributed by atoms with van der Waals surface area (Å²) in [6, 6.07) is 12.5. The highest BCUT2D eigenvalue weighted by Gasteiger charge is 2.13. The number of aromatic nitrogens is 4. The Morgan fingerprint density at radius 3 is 2.70 bits per heavy atom. The Morgan fingerprint density at radius 1 is 1.13 bits per heavy atom. The van der Waals surface area contributed by atoms with Gasteiger partial charge < -0.3 is 14.9 Å². The fourth-order valence-corrected chi connectivity index (χ4v) is 2.32. The zero-order chi connectivity index (χ0) is 15.8. The highest BCUT2D eigenvalue weighted by molar-refractivity contribution is 9.10. The fourth-order valence-electron chi connectivity index (χ4n) is 2.05. The van der Waals surface area contributed by atoms with Gasteiger partial charge in [-0.05, 0) is 36.4 Å². The molecule has 0 atom stereocenters. The Kier molecular flexibility index (Phi) is 3.23. The molecule has 7 nitrogen and oxygen atoms in total. The Balaban J connectivity index is 1.73. The third kappa shape index (κ3) is 2.64. The maximum Gasteiger partial charge on any atom is 0.258 e. The number of ether oxygens (including phenoxy) is 1. The Hall–Kier alpha value is -2.87. The molecule has 0 unspecified atom stereocenters. The Labute approximate surface area is 138 Å². The number of nitrogens with two attached hydrogens (primary N) is 1. The highest BCUT2D eigenvalue weighted by atomic mass is 79.9. The molecule has 0 radical (unpaired) electrons. The van der Waals surface area contributed by atoms with Crippen molar-refractivity contribution in [1.82, 2.24) is 19.6 Å². The van der Waals surface area contributed by atoms with E-state index in [1.807, 2.05) is 24.3 Å². The molecule has 0 aliphatic heterocycles. The van der Waals surface area contributed by atoms with Crippen LogP contribution in [0.3, 0.4) is 0 Å². The topological polar surface area (TPSA) is 91.5 Å². The van der Waals surface area contributed by atoms with Gasteiger partial charge in [0.25, 0.3) is 5.78 Å². The summed E-state index contributed by atoms with van der Waals surface area (Å²) in [6.45, 7) is 0. The normalized spacial score (nSPS) is 11.0. The summed E-state index contributed by atoms with van der Waals surface area (Å²) in [5.74, 6) is 2.65. The van der Waals surface area contributed by atoms with Gasteiger partial charge in [0.1, 0.15) is 11.6 Å². The summed E-state index contributed by atoms with van der Waals surface area (Å²) in [7, 11) is 0. The number of nitrogen functional groups attached to an aromatic ring is 1. The van der Waals surface area contributed by atoms with E-state index >= 15 is 0 Å². The van der Waals surface area contributed by atoms with Gasteiger partial charge in [-0.25, -0.2) is 0 Å². The third-order valence-electron chi connectivity index (χ3n) is 3.09. The zero-order valence-electron chi connectivity index (χ0n) is 11.7. The predicted molar refractivity (Wildman–Crippen MR) is 87.1 cm³/mol. The lowest BCUT2D eigenvalue weighted by atomic mass is 10.3. The van der Waals surface area contributed by atoms with Crippen LogP contribution in [0.25, 0.3) is 17.4 Å². The number of furan rings is 1. The fraction of sp³-hybridized carbons (Fsp3) is 0. The number of rotatable bonds is 3. The molecule has 0 aliphatic carbocycles. The number of anilines is 1. The molecule has 0 saturated carbocycles. The summed E-state index contributed by atoms with van der Waals surface area (Å²) in [4.78, 5) is 8.63. The summed E-state index contributed by atoms with van der Waals surface area (Å²) >= 11 is 3.37. The van der Waals surface area contributed by atoms with Gasteiger partial charge in [0, 0.05) is 10.5 Å². The highest BCUT2D eigenvalue weighted by Crippen LogP contribution is 2.25. The van der Waals surface area contributed by atoms with Gasteiger partial charge in [0.05, 0.1) is 6.26 Å². The minimum Gasteiger partial charge on any atom is -0.461 e. The van der Waals surface area contributed by atoms with Crippen molar-refractivity contribution in [1.29, 1.82) is 0 Å². The average Bonchev–Trinajstić information content (AvgIpc) is 3.18. The summed E-state index contributed by atoms with van der Waals surface area (Å²) < 4.78 is 13.4. The van der Waals surface area contributed by atoms with Crippen molar-refractivity contribution in [2.75, 3.05) is 5.73 Å². The summed E-state index contributed by atoms with van der Waals surface area (Å²) in [5.41, 5.74) is 6.00. The van der Waals surface area contributed by atoms with Gasteiger partial charge in [0.15, 0.2) is 5.76 Å². The lowest BCUT2D eigenvalue weighted by Crippen LogP contribution is -2.01. The summed E-state index contributed by atoms with van der Waals surface area (Å²) in [6.07, 6.45) is 1.56. The van der Waals surface area contributed by atoms with E-state index in [2.05, 4.69) is 31.0 Å². The molecule has 0 saturated heterocycles. The quantitative estimate of drug-likeness (QED) is 0.592. The lowest BCUT2D eigenvalue weighted by Gasteiger charge is -2.05. The van der Waals surface area contributed by atoms with Gasteiger partial charge in [-0.15, -0.1) is 5.10 Å². The minimum absolute atomic E-state index is 0.337. The van der Waals surface area contributed by atoms with Crippen LogP contribution in [0.5, 0.6) is 11.6 Å². The van der Waals surface area contributed by atoms with Crippen molar-refractivity contribution in [2.45, 2.75) is 0 Å². The Morgan fingerprint density at radius 2 is 1.96 bits per heavy atom. The number of hydrogen-bond acceptors (Lipinski definition) is 6. The van der Waals surface area contributed by atoms with Gasteiger partial charge in [-0.3, -0.25) is 0 Å². The van der Waals surface area contributed by atoms with Crippen molar-refractivity contribution in [2.24, 2.45) is 0 Å². The number of benzene rings is 1. The van der Waals surface area contributed by atoms with E-state index in [-0.39, 0.29) is 0 Å². The third-order valence-corrected chi connectivity index (χ3v) is 3.62. The molecule has 0 amide bonds. The molecule has 2 N–H and O–H groups in total. The molecule has 0 spiro atoms. The molecule has 3 heterocycles.